The number of rotatable bonds is 3. The number of nitrogens with one attached hydrogen (secondary N) is 1. The molecule has 1 heterocycles. The Morgan fingerprint density at radius 2 is 2.16 bits per heavy atom. The maximum absolute atomic E-state index is 12.2. The third-order valence-corrected chi connectivity index (χ3v) is 5.27. The number of carbonyl (C=O) groups excluding carboxylic acids is 1. The van der Waals surface area contributed by atoms with E-state index in [1.807, 2.05) is 11.8 Å². The van der Waals surface area contributed by atoms with Crippen LogP contribution in [0.3, 0.4) is 0 Å². The molecule has 1 N–H and O–H groups in total. The minimum absolute atomic E-state index is 0.133. The zero-order valence-electron chi connectivity index (χ0n) is 10.7. The van der Waals surface area contributed by atoms with E-state index in [1.165, 1.54) is 0 Å². The number of thioether (sulfide) groups is 1. The van der Waals surface area contributed by atoms with E-state index in [9.17, 15) is 4.79 Å². The molecule has 0 unspecified atom stereocenters. The number of aromatic nitrogens is 1. The van der Waals surface area contributed by atoms with E-state index in [4.69, 9.17) is 11.6 Å². The SMILES string of the molecule is CSC1CCC(NC(=O)c2cc(Br)cnc2Cl)CC1. The van der Waals surface area contributed by atoms with Gasteiger partial charge in [0.05, 0.1) is 5.56 Å². The van der Waals surface area contributed by atoms with Gasteiger partial charge < -0.3 is 5.32 Å². The van der Waals surface area contributed by atoms with Gasteiger partial charge in [0.15, 0.2) is 0 Å². The van der Waals surface area contributed by atoms with Crippen LogP contribution in [0.2, 0.25) is 5.15 Å². The van der Waals surface area contributed by atoms with Crippen molar-refractivity contribution in [3.8, 4) is 0 Å². The standard InChI is InChI=1S/C13H16BrClN2OS/c1-19-10-4-2-9(3-5-10)17-13(18)11-6-8(14)7-16-12(11)15/h6-7,9-10H,2-5H2,1H3,(H,17,18). The van der Waals surface area contributed by atoms with Crippen molar-refractivity contribution >= 4 is 45.2 Å². The lowest BCUT2D eigenvalue weighted by Gasteiger charge is -2.28. The molecule has 1 saturated carbocycles. The molecule has 1 aromatic heterocycles. The zero-order chi connectivity index (χ0) is 13.8. The predicted molar refractivity (Wildman–Crippen MR) is 84.0 cm³/mol. The van der Waals surface area contributed by atoms with E-state index in [2.05, 4.69) is 32.5 Å². The molecule has 19 heavy (non-hydrogen) atoms. The fourth-order valence-corrected chi connectivity index (χ4v) is 3.55. The second-order valence-corrected chi connectivity index (χ2v) is 7.09. The number of carbonyl (C=O) groups is 1. The Morgan fingerprint density at radius 3 is 2.79 bits per heavy atom. The molecular formula is C13H16BrClN2OS. The van der Waals surface area contributed by atoms with Gasteiger partial charge in [-0.25, -0.2) is 4.98 Å². The van der Waals surface area contributed by atoms with Crippen molar-refractivity contribution in [2.45, 2.75) is 37.0 Å². The van der Waals surface area contributed by atoms with E-state index in [0.29, 0.717) is 5.56 Å². The van der Waals surface area contributed by atoms with Crippen molar-refractivity contribution < 1.29 is 4.79 Å². The second kappa shape index (κ2) is 6.95. The van der Waals surface area contributed by atoms with E-state index in [1.54, 1.807) is 12.3 Å². The number of amides is 1. The Bertz CT molecular complexity index is 464. The van der Waals surface area contributed by atoms with E-state index in [0.717, 1.165) is 35.4 Å². The van der Waals surface area contributed by atoms with Crippen LogP contribution in [0.5, 0.6) is 0 Å². The minimum atomic E-state index is -0.133. The summed E-state index contributed by atoms with van der Waals surface area (Å²) in [5, 5.41) is 4.04. The molecule has 0 atom stereocenters. The highest BCUT2D eigenvalue weighted by Gasteiger charge is 2.23. The first-order valence-corrected chi connectivity index (χ1v) is 8.70. The van der Waals surface area contributed by atoms with Crippen molar-refractivity contribution in [1.29, 1.82) is 0 Å². The molecule has 1 aromatic rings. The highest BCUT2D eigenvalue weighted by Crippen LogP contribution is 2.27. The molecule has 104 valence electrons. The van der Waals surface area contributed by atoms with Crippen LogP contribution in [0.15, 0.2) is 16.7 Å². The maximum atomic E-state index is 12.2. The van der Waals surface area contributed by atoms with Crippen LogP contribution < -0.4 is 5.32 Å². The van der Waals surface area contributed by atoms with Gasteiger partial charge in [-0.3, -0.25) is 4.79 Å². The summed E-state index contributed by atoms with van der Waals surface area (Å²) >= 11 is 11.2. The fourth-order valence-electron chi connectivity index (χ4n) is 2.29. The summed E-state index contributed by atoms with van der Waals surface area (Å²) in [6.07, 6.45) is 8.14. The molecule has 2 rings (SSSR count). The molecule has 0 bridgehead atoms. The Hall–Kier alpha value is -0.260. The number of hydrogen-bond donors (Lipinski definition) is 1. The smallest absolute Gasteiger partial charge is 0.254 e. The number of nitrogens with zero attached hydrogens (tertiary/aromatic N) is 1. The molecule has 0 radical (unpaired) electrons. The molecule has 1 fully saturated rings. The summed E-state index contributed by atoms with van der Waals surface area (Å²) < 4.78 is 0.758. The molecule has 1 aliphatic rings. The summed E-state index contributed by atoms with van der Waals surface area (Å²) in [6.45, 7) is 0. The summed E-state index contributed by atoms with van der Waals surface area (Å²) in [6, 6.07) is 1.96. The Kier molecular flexibility index (Phi) is 5.54. The lowest BCUT2D eigenvalue weighted by atomic mass is 9.95. The van der Waals surface area contributed by atoms with Crippen LogP contribution >= 0.6 is 39.3 Å². The third-order valence-electron chi connectivity index (χ3n) is 3.39. The van der Waals surface area contributed by atoms with Gasteiger partial charge in [0.25, 0.3) is 5.91 Å². The monoisotopic (exact) mass is 362 g/mol. The van der Waals surface area contributed by atoms with Crippen LogP contribution in [0.4, 0.5) is 0 Å². The van der Waals surface area contributed by atoms with Gasteiger partial charge in [0.2, 0.25) is 0 Å². The van der Waals surface area contributed by atoms with Gasteiger partial charge in [-0.05, 0) is 53.9 Å². The Balaban J connectivity index is 1.96. The number of pyridine rings is 1. The quantitative estimate of drug-likeness (QED) is 0.828. The van der Waals surface area contributed by atoms with Gasteiger partial charge in [-0.15, -0.1) is 0 Å². The first kappa shape index (κ1) is 15.1. The molecule has 0 saturated heterocycles. The number of hydrogen-bond acceptors (Lipinski definition) is 3. The molecule has 0 aromatic carbocycles. The van der Waals surface area contributed by atoms with Gasteiger partial charge in [-0.1, -0.05) is 11.6 Å². The fraction of sp³-hybridized carbons (Fsp3) is 0.538. The average Bonchev–Trinajstić information content (AvgIpc) is 2.42. The average molecular weight is 364 g/mol. The summed E-state index contributed by atoms with van der Waals surface area (Å²) in [4.78, 5) is 16.1. The summed E-state index contributed by atoms with van der Waals surface area (Å²) in [5.74, 6) is -0.133. The Labute approximate surface area is 131 Å². The van der Waals surface area contributed by atoms with Gasteiger partial charge in [0, 0.05) is 22.0 Å². The summed E-state index contributed by atoms with van der Waals surface area (Å²) in [5.41, 5.74) is 0.433. The first-order chi connectivity index (χ1) is 9.10. The lowest BCUT2D eigenvalue weighted by molar-refractivity contribution is 0.0928. The molecule has 3 nitrogen and oxygen atoms in total. The number of halogens is 2. The van der Waals surface area contributed by atoms with E-state index >= 15 is 0 Å². The van der Waals surface area contributed by atoms with Crippen molar-refractivity contribution in [3.05, 3.63) is 27.5 Å². The highest BCUT2D eigenvalue weighted by atomic mass is 79.9. The van der Waals surface area contributed by atoms with E-state index in [-0.39, 0.29) is 17.1 Å². The van der Waals surface area contributed by atoms with Crippen molar-refractivity contribution in [2.75, 3.05) is 6.26 Å². The molecule has 6 heteroatoms. The lowest BCUT2D eigenvalue weighted by Crippen LogP contribution is -2.38. The van der Waals surface area contributed by atoms with Crippen LogP contribution in [-0.4, -0.2) is 28.4 Å². The molecule has 0 spiro atoms. The summed E-state index contributed by atoms with van der Waals surface area (Å²) in [7, 11) is 0. The second-order valence-electron chi connectivity index (χ2n) is 4.67. The Morgan fingerprint density at radius 1 is 1.47 bits per heavy atom. The van der Waals surface area contributed by atoms with E-state index < -0.39 is 0 Å². The normalized spacial score (nSPS) is 23.1. The maximum Gasteiger partial charge on any atom is 0.254 e. The molecule has 1 amide bonds. The van der Waals surface area contributed by atoms with Crippen LogP contribution in [0, 0.1) is 0 Å². The van der Waals surface area contributed by atoms with Crippen LogP contribution in [-0.2, 0) is 0 Å². The van der Waals surface area contributed by atoms with Crippen molar-refractivity contribution in [1.82, 2.24) is 10.3 Å². The molecular weight excluding hydrogens is 348 g/mol. The largest absolute Gasteiger partial charge is 0.349 e. The van der Waals surface area contributed by atoms with Crippen LogP contribution in [0.25, 0.3) is 0 Å². The third kappa shape index (κ3) is 4.10. The molecule has 1 aliphatic carbocycles. The van der Waals surface area contributed by atoms with Gasteiger partial charge in [-0.2, -0.15) is 11.8 Å². The topological polar surface area (TPSA) is 42.0 Å². The van der Waals surface area contributed by atoms with Crippen LogP contribution in [0.1, 0.15) is 36.0 Å². The first-order valence-electron chi connectivity index (χ1n) is 6.25. The van der Waals surface area contributed by atoms with Crippen molar-refractivity contribution in [2.24, 2.45) is 0 Å². The van der Waals surface area contributed by atoms with Crippen molar-refractivity contribution in [3.63, 3.8) is 0 Å². The molecule has 0 aliphatic heterocycles. The van der Waals surface area contributed by atoms with Gasteiger partial charge in [0.1, 0.15) is 5.15 Å². The predicted octanol–water partition coefficient (Wildman–Crippen LogP) is 3.90. The zero-order valence-corrected chi connectivity index (χ0v) is 13.8. The highest BCUT2D eigenvalue weighted by molar-refractivity contribution is 9.10. The van der Waals surface area contributed by atoms with Gasteiger partial charge >= 0.3 is 0 Å². The minimum Gasteiger partial charge on any atom is -0.349 e.